The van der Waals surface area contributed by atoms with Crippen LogP contribution in [0.4, 0.5) is 0 Å². The number of carbonyl (C=O) groups excluding carboxylic acids is 1. The number of hydrogen-bond donors (Lipinski definition) is 1. The molecule has 1 atom stereocenters. The first-order chi connectivity index (χ1) is 5.64. The highest BCUT2D eigenvalue weighted by Crippen LogP contribution is 2.09. The Kier molecular flexibility index (Phi) is 2.61. The van der Waals surface area contributed by atoms with Crippen LogP contribution in [0, 0.1) is 0 Å². The van der Waals surface area contributed by atoms with E-state index in [4.69, 9.17) is 0 Å². The van der Waals surface area contributed by atoms with Crippen LogP contribution >= 0.6 is 0 Å². The van der Waals surface area contributed by atoms with Gasteiger partial charge in [0.25, 0.3) is 0 Å². The summed E-state index contributed by atoms with van der Waals surface area (Å²) in [5, 5.41) is 9.41. The summed E-state index contributed by atoms with van der Waals surface area (Å²) in [6.45, 7) is 1.51. The van der Waals surface area contributed by atoms with Gasteiger partial charge in [0.05, 0.1) is 0 Å². The lowest BCUT2D eigenvalue weighted by atomic mass is 9.98. The number of aldehydes is 1. The molecule has 0 saturated carbocycles. The van der Waals surface area contributed by atoms with Gasteiger partial charge < -0.3 is 9.90 Å². The first-order valence-corrected chi connectivity index (χ1v) is 3.87. The molecule has 0 bridgehead atoms. The number of benzene rings is 1. The van der Waals surface area contributed by atoms with Crippen molar-refractivity contribution in [2.75, 3.05) is 0 Å². The van der Waals surface area contributed by atoms with Gasteiger partial charge in [0, 0.05) is 6.42 Å². The highest BCUT2D eigenvalue weighted by Gasteiger charge is 2.18. The molecule has 2 nitrogen and oxygen atoms in total. The molecule has 1 aromatic rings. The van der Waals surface area contributed by atoms with Crippen molar-refractivity contribution < 1.29 is 9.90 Å². The fourth-order valence-corrected chi connectivity index (χ4v) is 1.05. The second-order valence-corrected chi connectivity index (χ2v) is 3.14. The van der Waals surface area contributed by atoms with E-state index in [1.54, 1.807) is 0 Å². The lowest BCUT2D eigenvalue weighted by Crippen LogP contribution is -2.28. The van der Waals surface area contributed by atoms with Crippen molar-refractivity contribution in [3.8, 4) is 0 Å². The van der Waals surface area contributed by atoms with Gasteiger partial charge in [-0.25, -0.2) is 0 Å². The Morgan fingerprint density at radius 2 is 2.00 bits per heavy atom. The second kappa shape index (κ2) is 3.50. The minimum Gasteiger partial charge on any atom is -0.382 e. The van der Waals surface area contributed by atoms with Crippen LogP contribution in [0.3, 0.4) is 0 Å². The highest BCUT2D eigenvalue weighted by atomic mass is 16.3. The topological polar surface area (TPSA) is 37.3 Å². The van der Waals surface area contributed by atoms with Crippen LogP contribution in [0.1, 0.15) is 12.5 Å². The van der Waals surface area contributed by atoms with E-state index in [0.29, 0.717) is 12.7 Å². The zero-order valence-corrected chi connectivity index (χ0v) is 7.03. The molecule has 0 aliphatic carbocycles. The average molecular weight is 164 g/mol. The zero-order valence-electron chi connectivity index (χ0n) is 7.03. The molecular weight excluding hydrogens is 152 g/mol. The lowest BCUT2D eigenvalue weighted by molar-refractivity contribution is -0.122. The summed E-state index contributed by atoms with van der Waals surface area (Å²) in [6.07, 6.45) is 0.942. The predicted octanol–water partition coefficient (Wildman–Crippen LogP) is 1.18. The van der Waals surface area contributed by atoms with E-state index in [9.17, 15) is 9.90 Å². The van der Waals surface area contributed by atoms with Crippen LogP contribution in [0.5, 0.6) is 0 Å². The van der Waals surface area contributed by atoms with Gasteiger partial charge in [0.1, 0.15) is 5.60 Å². The Hall–Kier alpha value is -1.15. The molecule has 0 amide bonds. The second-order valence-electron chi connectivity index (χ2n) is 3.14. The van der Waals surface area contributed by atoms with Crippen molar-refractivity contribution in [3.05, 3.63) is 35.9 Å². The molecule has 0 heterocycles. The zero-order chi connectivity index (χ0) is 9.03. The van der Waals surface area contributed by atoms with E-state index >= 15 is 0 Å². The maximum atomic E-state index is 10.4. The Labute approximate surface area is 71.8 Å². The van der Waals surface area contributed by atoms with Gasteiger partial charge in [-0.15, -0.1) is 0 Å². The Morgan fingerprint density at radius 3 is 2.50 bits per heavy atom. The molecule has 0 saturated heterocycles. The summed E-state index contributed by atoms with van der Waals surface area (Å²) in [7, 11) is 0. The quantitative estimate of drug-likeness (QED) is 0.681. The van der Waals surface area contributed by atoms with Crippen molar-refractivity contribution >= 4 is 6.29 Å². The van der Waals surface area contributed by atoms with Crippen LogP contribution < -0.4 is 0 Å². The van der Waals surface area contributed by atoms with Crippen LogP contribution in [-0.2, 0) is 11.2 Å². The number of carbonyl (C=O) groups is 1. The van der Waals surface area contributed by atoms with Gasteiger partial charge >= 0.3 is 0 Å². The molecular formula is C10H12O2. The van der Waals surface area contributed by atoms with E-state index in [1.165, 1.54) is 6.92 Å². The molecule has 64 valence electrons. The first kappa shape index (κ1) is 8.94. The molecule has 0 spiro atoms. The molecule has 12 heavy (non-hydrogen) atoms. The molecule has 1 aromatic carbocycles. The third kappa shape index (κ3) is 2.47. The first-order valence-electron chi connectivity index (χ1n) is 3.87. The van der Waals surface area contributed by atoms with Crippen LogP contribution in [0.15, 0.2) is 30.3 Å². The molecule has 1 N–H and O–H groups in total. The SMILES string of the molecule is CC(O)(C=O)Cc1ccccc1. The number of hydrogen-bond acceptors (Lipinski definition) is 2. The van der Waals surface area contributed by atoms with Gasteiger partial charge in [0.15, 0.2) is 6.29 Å². The van der Waals surface area contributed by atoms with Crippen LogP contribution in [0.25, 0.3) is 0 Å². The smallest absolute Gasteiger partial charge is 0.151 e. The van der Waals surface area contributed by atoms with E-state index in [2.05, 4.69) is 0 Å². The van der Waals surface area contributed by atoms with Crippen molar-refractivity contribution in [3.63, 3.8) is 0 Å². The summed E-state index contributed by atoms with van der Waals surface area (Å²) in [6, 6.07) is 9.45. The molecule has 0 fully saturated rings. The maximum absolute atomic E-state index is 10.4. The molecule has 0 aliphatic rings. The molecule has 0 aliphatic heterocycles. The maximum Gasteiger partial charge on any atom is 0.151 e. The van der Waals surface area contributed by atoms with E-state index in [1.807, 2.05) is 30.3 Å². The van der Waals surface area contributed by atoms with E-state index < -0.39 is 5.60 Å². The van der Waals surface area contributed by atoms with E-state index in [0.717, 1.165) is 5.56 Å². The van der Waals surface area contributed by atoms with Crippen molar-refractivity contribution in [2.24, 2.45) is 0 Å². The van der Waals surface area contributed by atoms with Gasteiger partial charge in [-0.2, -0.15) is 0 Å². The van der Waals surface area contributed by atoms with Crippen LogP contribution in [-0.4, -0.2) is 17.0 Å². The monoisotopic (exact) mass is 164 g/mol. The van der Waals surface area contributed by atoms with Gasteiger partial charge in [-0.05, 0) is 12.5 Å². The minimum atomic E-state index is -1.23. The lowest BCUT2D eigenvalue weighted by Gasteiger charge is -2.14. The predicted molar refractivity (Wildman–Crippen MR) is 46.8 cm³/mol. The van der Waals surface area contributed by atoms with Crippen molar-refractivity contribution in [2.45, 2.75) is 18.9 Å². The fraction of sp³-hybridized carbons (Fsp3) is 0.300. The Bertz CT molecular complexity index is 252. The normalized spacial score (nSPS) is 15.2. The van der Waals surface area contributed by atoms with Gasteiger partial charge in [0.2, 0.25) is 0 Å². The standard InChI is InChI=1S/C10H12O2/c1-10(12,8-11)7-9-5-3-2-4-6-9/h2-6,8,12H,7H2,1H3. The molecule has 1 rings (SSSR count). The van der Waals surface area contributed by atoms with Gasteiger partial charge in [-0.3, -0.25) is 0 Å². The molecule has 0 radical (unpaired) electrons. The third-order valence-electron chi connectivity index (χ3n) is 1.66. The average Bonchev–Trinajstić information content (AvgIpc) is 2.06. The summed E-state index contributed by atoms with van der Waals surface area (Å²) >= 11 is 0. The summed E-state index contributed by atoms with van der Waals surface area (Å²) < 4.78 is 0. The van der Waals surface area contributed by atoms with Crippen molar-refractivity contribution in [1.82, 2.24) is 0 Å². The Balaban J connectivity index is 2.70. The third-order valence-corrected chi connectivity index (χ3v) is 1.66. The van der Waals surface area contributed by atoms with Gasteiger partial charge in [-0.1, -0.05) is 30.3 Å². The summed E-state index contributed by atoms with van der Waals surface area (Å²) in [5.74, 6) is 0. The van der Waals surface area contributed by atoms with E-state index in [-0.39, 0.29) is 0 Å². The summed E-state index contributed by atoms with van der Waals surface area (Å²) in [4.78, 5) is 10.4. The fourth-order valence-electron chi connectivity index (χ4n) is 1.05. The van der Waals surface area contributed by atoms with Crippen molar-refractivity contribution in [1.29, 1.82) is 0 Å². The molecule has 0 aromatic heterocycles. The number of aliphatic hydroxyl groups is 1. The number of rotatable bonds is 3. The summed E-state index contributed by atoms with van der Waals surface area (Å²) in [5.41, 5.74) is -0.268. The highest BCUT2D eigenvalue weighted by molar-refractivity contribution is 5.61. The molecule has 2 heteroatoms. The van der Waals surface area contributed by atoms with Crippen LogP contribution in [0.2, 0.25) is 0 Å². The molecule has 1 unspecified atom stereocenters. The Morgan fingerprint density at radius 1 is 1.42 bits per heavy atom. The largest absolute Gasteiger partial charge is 0.382 e. The minimum absolute atomic E-state index is 0.372.